The summed E-state index contributed by atoms with van der Waals surface area (Å²) in [5.41, 5.74) is 0.794. The van der Waals surface area contributed by atoms with Crippen molar-refractivity contribution in [2.75, 3.05) is 5.33 Å². The van der Waals surface area contributed by atoms with E-state index in [1.54, 1.807) is 11.3 Å². The van der Waals surface area contributed by atoms with Crippen LogP contribution in [0.1, 0.15) is 29.6 Å². The zero-order chi connectivity index (χ0) is 12.6. The minimum absolute atomic E-state index is 0.0138. The van der Waals surface area contributed by atoms with Gasteiger partial charge < -0.3 is 5.32 Å². The molecule has 2 nitrogen and oxygen atoms in total. The van der Waals surface area contributed by atoms with Crippen LogP contribution in [0.5, 0.6) is 0 Å². The van der Waals surface area contributed by atoms with Crippen LogP contribution in [0, 0.1) is 0 Å². The second-order valence-electron chi connectivity index (χ2n) is 4.87. The number of alkyl halides is 1. The lowest BCUT2D eigenvalue weighted by Crippen LogP contribution is -2.54. The Bertz CT molecular complexity index is 583. The fourth-order valence-electron chi connectivity index (χ4n) is 2.36. The van der Waals surface area contributed by atoms with Crippen molar-refractivity contribution in [1.29, 1.82) is 0 Å². The first-order chi connectivity index (χ1) is 8.74. The fraction of sp³-hybridized carbons (Fsp3) is 0.357. The average Bonchev–Trinajstić information content (AvgIpc) is 2.77. The van der Waals surface area contributed by atoms with Crippen molar-refractivity contribution in [3.05, 3.63) is 35.2 Å². The van der Waals surface area contributed by atoms with Gasteiger partial charge in [0.15, 0.2) is 0 Å². The number of rotatable bonds is 3. The molecule has 0 spiro atoms. The maximum atomic E-state index is 12.4. The lowest BCUT2D eigenvalue weighted by atomic mass is 9.78. The van der Waals surface area contributed by atoms with Crippen molar-refractivity contribution in [3.8, 4) is 0 Å². The molecule has 1 aliphatic rings. The van der Waals surface area contributed by atoms with Crippen molar-refractivity contribution in [3.63, 3.8) is 0 Å². The molecule has 18 heavy (non-hydrogen) atoms. The number of carbonyl (C=O) groups excluding carboxylic acids is 1. The molecule has 0 atom stereocenters. The SMILES string of the molecule is O=C(NC1(CBr)CCC1)c1csc2ccccc12. The molecule has 1 amide bonds. The van der Waals surface area contributed by atoms with E-state index in [0.29, 0.717) is 0 Å². The quantitative estimate of drug-likeness (QED) is 0.851. The van der Waals surface area contributed by atoms with Crippen LogP contribution in [0.15, 0.2) is 29.6 Å². The van der Waals surface area contributed by atoms with Crippen molar-refractivity contribution >= 4 is 43.3 Å². The van der Waals surface area contributed by atoms with E-state index in [2.05, 4.69) is 27.3 Å². The Morgan fingerprint density at radius 1 is 1.39 bits per heavy atom. The van der Waals surface area contributed by atoms with Crippen molar-refractivity contribution in [2.24, 2.45) is 0 Å². The minimum atomic E-state index is -0.0138. The van der Waals surface area contributed by atoms with E-state index in [1.807, 2.05) is 23.6 Å². The molecular formula is C14H14BrNOS. The van der Waals surface area contributed by atoms with Crippen molar-refractivity contribution < 1.29 is 4.79 Å². The Labute approximate surface area is 119 Å². The highest BCUT2D eigenvalue weighted by Crippen LogP contribution is 2.34. The van der Waals surface area contributed by atoms with Gasteiger partial charge in [-0.15, -0.1) is 11.3 Å². The van der Waals surface area contributed by atoms with Crippen LogP contribution in [0.3, 0.4) is 0 Å². The Kier molecular flexibility index (Phi) is 3.16. The summed E-state index contributed by atoms with van der Waals surface area (Å²) in [6.07, 6.45) is 3.36. The van der Waals surface area contributed by atoms with E-state index in [4.69, 9.17) is 0 Å². The molecule has 1 heterocycles. The van der Waals surface area contributed by atoms with Gasteiger partial charge in [0.05, 0.1) is 11.1 Å². The lowest BCUT2D eigenvalue weighted by Gasteiger charge is -2.41. The Morgan fingerprint density at radius 2 is 2.17 bits per heavy atom. The van der Waals surface area contributed by atoms with Gasteiger partial charge in [-0.25, -0.2) is 0 Å². The van der Waals surface area contributed by atoms with Gasteiger partial charge in [0.1, 0.15) is 0 Å². The third kappa shape index (κ3) is 1.97. The lowest BCUT2D eigenvalue weighted by molar-refractivity contribution is 0.0858. The summed E-state index contributed by atoms with van der Waals surface area (Å²) >= 11 is 5.14. The Hall–Kier alpha value is -0.870. The molecule has 0 bridgehead atoms. The molecule has 0 radical (unpaired) electrons. The summed E-state index contributed by atoms with van der Waals surface area (Å²) in [7, 11) is 0. The topological polar surface area (TPSA) is 29.1 Å². The molecule has 1 aromatic carbocycles. The number of hydrogen-bond acceptors (Lipinski definition) is 2. The second kappa shape index (κ2) is 4.67. The van der Waals surface area contributed by atoms with Gasteiger partial charge in [-0.1, -0.05) is 34.1 Å². The van der Waals surface area contributed by atoms with Gasteiger partial charge in [0.25, 0.3) is 5.91 Å². The summed E-state index contributed by atoms with van der Waals surface area (Å²) in [5, 5.41) is 7.05. The molecule has 0 saturated heterocycles. The third-order valence-corrected chi connectivity index (χ3v) is 5.71. The molecule has 1 fully saturated rings. The van der Waals surface area contributed by atoms with Crippen LogP contribution >= 0.6 is 27.3 Å². The molecule has 1 saturated carbocycles. The molecule has 0 unspecified atom stereocenters. The molecule has 4 heteroatoms. The average molecular weight is 324 g/mol. The number of hydrogen-bond donors (Lipinski definition) is 1. The number of nitrogens with one attached hydrogen (secondary N) is 1. The number of benzene rings is 1. The van der Waals surface area contributed by atoms with Crippen LogP contribution in [0.2, 0.25) is 0 Å². The molecule has 1 aliphatic carbocycles. The molecular weight excluding hydrogens is 310 g/mol. The summed E-state index contributed by atoms with van der Waals surface area (Å²) in [5.74, 6) is 0.0617. The highest BCUT2D eigenvalue weighted by molar-refractivity contribution is 9.09. The molecule has 1 aromatic heterocycles. The van der Waals surface area contributed by atoms with Crippen LogP contribution in [-0.2, 0) is 0 Å². The summed E-state index contributed by atoms with van der Waals surface area (Å²) in [4.78, 5) is 12.4. The number of carbonyl (C=O) groups is 1. The number of amides is 1. The largest absolute Gasteiger partial charge is 0.346 e. The van der Waals surface area contributed by atoms with Crippen molar-refractivity contribution in [2.45, 2.75) is 24.8 Å². The van der Waals surface area contributed by atoms with Gasteiger partial charge in [0.2, 0.25) is 0 Å². The molecule has 1 N–H and O–H groups in total. The van der Waals surface area contributed by atoms with Crippen LogP contribution in [-0.4, -0.2) is 16.8 Å². The minimum Gasteiger partial charge on any atom is -0.346 e. The highest BCUT2D eigenvalue weighted by Gasteiger charge is 2.37. The van der Waals surface area contributed by atoms with E-state index >= 15 is 0 Å². The van der Waals surface area contributed by atoms with Crippen LogP contribution in [0.25, 0.3) is 10.1 Å². The predicted molar refractivity (Wildman–Crippen MR) is 79.7 cm³/mol. The Morgan fingerprint density at radius 3 is 2.83 bits per heavy atom. The standard InChI is InChI=1S/C14H14BrNOS/c15-9-14(6-3-7-14)16-13(17)11-8-18-12-5-2-1-4-10(11)12/h1-2,4-5,8H,3,6-7,9H2,(H,16,17). The number of halogens is 1. The maximum Gasteiger partial charge on any atom is 0.253 e. The van der Waals surface area contributed by atoms with Crippen molar-refractivity contribution in [1.82, 2.24) is 5.32 Å². The van der Waals surface area contributed by atoms with E-state index < -0.39 is 0 Å². The van der Waals surface area contributed by atoms with Gasteiger partial charge in [-0.2, -0.15) is 0 Å². The number of fused-ring (bicyclic) bond motifs is 1. The first-order valence-electron chi connectivity index (χ1n) is 6.09. The summed E-state index contributed by atoms with van der Waals surface area (Å²) < 4.78 is 1.17. The fourth-order valence-corrected chi connectivity index (χ4v) is 4.00. The third-order valence-electron chi connectivity index (χ3n) is 3.67. The maximum absolute atomic E-state index is 12.4. The Balaban J connectivity index is 1.88. The zero-order valence-electron chi connectivity index (χ0n) is 9.91. The van der Waals surface area contributed by atoms with Gasteiger partial charge in [-0.05, 0) is 25.3 Å². The van der Waals surface area contributed by atoms with Crippen LogP contribution < -0.4 is 5.32 Å². The monoisotopic (exact) mass is 323 g/mol. The summed E-state index contributed by atoms with van der Waals surface area (Å²) in [6, 6.07) is 8.06. The van der Waals surface area contributed by atoms with Gasteiger partial charge in [0, 0.05) is 20.8 Å². The van der Waals surface area contributed by atoms with Gasteiger partial charge in [-0.3, -0.25) is 4.79 Å². The van der Waals surface area contributed by atoms with E-state index in [1.165, 1.54) is 11.1 Å². The highest BCUT2D eigenvalue weighted by atomic mass is 79.9. The second-order valence-corrected chi connectivity index (χ2v) is 6.34. The smallest absolute Gasteiger partial charge is 0.253 e. The normalized spacial score (nSPS) is 17.4. The predicted octanol–water partition coefficient (Wildman–Crippen LogP) is 3.95. The van der Waals surface area contributed by atoms with E-state index in [0.717, 1.165) is 29.1 Å². The van der Waals surface area contributed by atoms with Gasteiger partial charge >= 0.3 is 0 Å². The first kappa shape index (κ1) is 12.2. The molecule has 3 rings (SSSR count). The zero-order valence-corrected chi connectivity index (χ0v) is 12.3. The molecule has 2 aromatic rings. The first-order valence-corrected chi connectivity index (χ1v) is 8.09. The molecule has 94 valence electrons. The van der Waals surface area contributed by atoms with Crippen LogP contribution in [0.4, 0.5) is 0 Å². The van der Waals surface area contributed by atoms with E-state index in [-0.39, 0.29) is 11.4 Å². The molecule has 0 aliphatic heterocycles. The summed E-state index contributed by atoms with van der Waals surface area (Å²) in [6.45, 7) is 0. The number of thiophene rings is 1. The van der Waals surface area contributed by atoms with E-state index in [9.17, 15) is 4.79 Å².